The molecule has 0 atom stereocenters. The van der Waals surface area contributed by atoms with Crippen LogP contribution in [0.1, 0.15) is 51.0 Å². The largest absolute Gasteiger partial charge is 0.298 e. The zero-order valence-corrected chi connectivity index (χ0v) is 12.0. The molecular formula is C15H21NOS. The van der Waals surface area contributed by atoms with Crippen molar-refractivity contribution in [3.8, 4) is 0 Å². The van der Waals surface area contributed by atoms with Crippen LogP contribution < -0.4 is 0 Å². The van der Waals surface area contributed by atoms with Crippen LogP contribution in [0.3, 0.4) is 0 Å². The maximum Gasteiger partial charge on any atom is 0.146 e. The maximum absolute atomic E-state index is 12.0. The van der Waals surface area contributed by atoms with E-state index >= 15 is 0 Å². The number of thioether (sulfide) groups is 1. The molecule has 1 aliphatic carbocycles. The molecule has 0 aromatic carbocycles. The van der Waals surface area contributed by atoms with Crippen LogP contribution in [0.25, 0.3) is 0 Å². The van der Waals surface area contributed by atoms with E-state index in [0.29, 0.717) is 23.4 Å². The Morgan fingerprint density at radius 1 is 1.39 bits per heavy atom. The van der Waals surface area contributed by atoms with Gasteiger partial charge in [-0.25, -0.2) is 0 Å². The van der Waals surface area contributed by atoms with Crippen LogP contribution in [-0.4, -0.2) is 16.5 Å². The van der Waals surface area contributed by atoms with Crippen molar-refractivity contribution < 1.29 is 4.79 Å². The van der Waals surface area contributed by atoms with Crippen LogP contribution in [-0.2, 0) is 4.79 Å². The van der Waals surface area contributed by atoms with Crippen molar-refractivity contribution in [3.05, 3.63) is 24.0 Å². The van der Waals surface area contributed by atoms with Crippen LogP contribution >= 0.6 is 11.8 Å². The predicted octanol–water partition coefficient (Wildman–Crippen LogP) is 4.06. The molecular weight excluding hydrogens is 242 g/mol. The quantitative estimate of drug-likeness (QED) is 0.750. The van der Waals surface area contributed by atoms with E-state index in [9.17, 15) is 4.79 Å². The van der Waals surface area contributed by atoms with E-state index in [0.717, 1.165) is 17.7 Å². The Bertz CT molecular complexity index is 411. The third-order valence-electron chi connectivity index (χ3n) is 3.59. The number of rotatable bonds is 5. The Morgan fingerprint density at radius 2 is 2.11 bits per heavy atom. The van der Waals surface area contributed by atoms with Gasteiger partial charge in [0.25, 0.3) is 0 Å². The number of hydrogen-bond acceptors (Lipinski definition) is 3. The Balaban J connectivity index is 1.89. The summed E-state index contributed by atoms with van der Waals surface area (Å²) < 4.78 is 0. The first-order chi connectivity index (χ1) is 8.66. The molecule has 0 aliphatic heterocycles. The number of hydrogen-bond donors (Lipinski definition) is 0. The second-order valence-electron chi connectivity index (χ2n) is 5.35. The minimum Gasteiger partial charge on any atom is -0.298 e. The highest BCUT2D eigenvalue weighted by molar-refractivity contribution is 8.00. The van der Waals surface area contributed by atoms with Crippen molar-refractivity contribution in [3.63, 3.8) is 0 Å². The highest BCUT2D eigenvalue weighted by atomic mass is 32.2. The molecule has 0 amide bonds. The minimum absolute atomic E-state index is 0.332. The van der Waals surface area contributed by atoms with E-state index in [-0.39, 0.29) is 0 Å². The van der Waals surface area contributed by atoms with Gasteiger partial charge in [-0.3, -0.25) is 9.78 Å². The summed E-state index contributed by atoms with van der Waals surface area (Å²) in [5.41, 5.74) is 1.24. The monoisotopic (exact) mass is 263 g/mol. The SMILES string of the molecule is CC(C)c1cncc(SCC(=O)C2CCCC2)c1. The van der Waals surface area contributed by atoms with E-state index in [4.69, 9.17) is 0 Å². The Kier molecular flexibility index (Phi) is 4.81. The lowest BCUT2D eigenvalue weighted by molar-refractivity contribution is -0.120. The molecule has 0 unspecified atom stereocenters. The van der Waals surface area contributed by atoms with Crippen molar-refractivity contribution in [2.24, 2.45) is 5.92 Å². The highest BCUT2D eigenvalue weighted by Gasteiger charge is 2.22. The van der Waals surface area contributed by atoms with Crippen LogP contribution in [0.5, 0.6) is 0 Å². The number of aromatic nitrogens is 1. The molecule has 98 valence electrons. The molecule has 1 fully saturated rings. The van der Waals surface area contributed by atoms with Gasteiger partial charge in [0.1, 0.15) is 5.78 Å². The van der Waals surface area contributed by atoms with Gasteiger partial charge in [0.15, 0.2) is 0 Å². The molecule has 1 aromatic rings. The average molecular weight is 263 g/mol. The lowest BCUT2D eigenvalue weighted by Gasteiger charge is -2.09. The van der Waals surface area contributed by atoms with Gasteiger partial charge in [-0.2, -0.15) is 0 Å². The molecule has 1 saturated carbocycles. The van der Waals surface area contributed by atoms with Crippen molar-refractivity contribution >= 4 is 17.5 Å². The summed E-state index contributed by atoms with van der Waals surface area (Å²) in [6.45, 7) is 4.32. The molecule has 1 heterocycles. The van der Waals surface area contributed by atoms with Crippen molar-refractivity contribution in [1.29, 1.82) is 0 Å². The molecule has 3 heteroatoms. The molecule has 0 spiro atoms. The van der Waals surface area contributed by atoms with Crippen molar-refractivity contribution in [2.75, 3.05) is 5.75 Å². The summed E-state index contributed by atoms with van der Waals surface area (Å²) in [6, 6.07) is 2.16. The first-order valence-corrected chi connectivity index (χ1v) is 7.76. The summed E-state index contributed by atoms with van der Waals surface area (Å²) in [5.74, 6) is 1.85. The van der Waals surface area contributed by atoms with Gasteiger partial charge in [-0.1, -0.05) is 26.7 Å². The fraction of sp³-hybridized carbons (Fsp3) is 0.600. The second-order valence-corrected chi connectivity index (χ2v) is 6.39. The number of ketones is 1. The lowest BCUT2D eigenvalue weighted by atomic mass is 10.0. The fourth-order valence-electron chi connectivity index (χ4n) is 2.35. The molecule has 2 nitrogen and oxygen atoms in total. The maximum atomic E-state index is 12.0. The van der Waals surface area contributed by atoms with Crippen LogP contribution in [0.4, 0.5) is 0 Å². The third-order valence-corrected chi connectivity index (χ3v) is 4.58. The van der Waals surface area contributed by atoms with E-state index in [1.165, 1.54) is 18.4 Å². The fourth-order valence-corrected chi connectivity index (χ4v) is 3.25. The van der Waals surface area contributed by atoms with E-state index in [1.54, 1.807) is 11.8 Å². The average Bonchev–Trinajstić information content (AvgIpc) is 2.90. The summed E-state index contributed by atoms with van der Waals surface area (Å²) >= 11 is 1.63. The highest BCUT2D eigenvalue weighted by Crippen LogP contribution is 2.28. The standard InChI is InChI=1S/C15H21NOS/c1-11(2)13-7-14(9-16-8-13)18-10-15(17)12-5-3-4-6-12/h7-9,11-12H,3-6,10H2,1-2H3. The molecule has 0 radical (unpaired) electrons. The summed E-state index contributed by atoms with van der Waals surface area (Å²) in [5, 5.41) is 0. The molecule has 1 aromatic heterocycles. The summed E-state index contributed by atoms with van der Waals surface area (Å²) in [4.78, 5) is 17.4. The minimum atomic E-state index is 0.332. The van der Waals surface area contributed by atoms with Gasteiger partial charge < -0.3 is 0 Å². The van der Waals surface area contributed by atoms with E-state index < -0.39 is 0 Å². The normalized spacial score (nSPS) is 16.4. The Hall–Kier alpha value is -0.830. The molecule has 0 N–H and O–H groups in total. The molecule has 18 heavy (non-hydrogen) atoms. The van der Waals surface area contributed by atoms with Crippen LogP contribution in [0, 0.1) is 5.92 Å². The first kappa shape index (κ1) is 13.6. The number of Topliss-reactive ketones (excluding diaryl/α,β-unsaturated/α-hetero) is 1. The Labute approximate surface area is 114 Å². The number of carbonyl (C=O) groups is 1. The first-order valence-electron chi connectivity index (χ1n) is 6.77. The van der Waals surface area contributed by atoms with E-state index in [1.807, 2.05) is 12.4 Å². The zero-order valence-electron chi connectivity index (χ0n) is 11.2. The topological polar surface area (TPSA) is 30.0 Å². The molecule has 0 saturated heterocycles. The van der Waals surface area contributed by atoms with Crippen molar-refractivity contribution in [2.45, 2.75) is 50.3 Å². The summed E-state index contributed by atoms with van der Waals surface area (Å²) in [7, 11) is 0. The number of nitrogens with zero attached hydrogens (tertiary/aromatic N) is 1. The molecule has 1 aliphatic rings. The van der Waals surface area contributed by atoms with Crippen molar-refractivity contribution in [1.82, 2.24) is 4.98 Å². The van der Waals surface area contributed by atoms with Crippen LogP contribution in [0.15, 0.2) is 23.4 Å². The number of pyridine rings is 1. The van der Waals surface area contributed by atoms with Gasteiger partial charge in [0.2, 0.25) is 0 Å². The smallest absolute Gasteiger partial charge is 0.146 e. The number of carbonyl (C=O) groups excluding carboxylic acids is 1. The third kappa shape index (κ3) is 3.58. The second kappa shape index (κ2) is 6.37. The van der Waals surface area contributed by atoms with Gasteiger partial charge in [-0.05, 0) is 30.4 Å². The van der Waals surface area contributed by atoms with E-state index in [2.05, 4.69) is 24.9 Å². The molecule has 2 rings (SSSR count). The van der Waals surface area contributed by atoms with Gasteiger partial charge in [0.05, 0.1) is 5.75 Å². The van der Waals surface area contributed by atoms with Gasteiger partial charge >= 0.3 is 0 Å². The predicted molar refractivity (Wildman–Crippen MR) is 76.0 cm³/mol. The van der Waals surface area contributed by atoms with Crippen LogP contribution in [0.2, 0.25) is 0 Å². The summed E-state index contributed by atoms with van der Waals surface area (Å²) in [6.07, 6.45) is 8.43. The lowest BCUT2D eigenvalue weighted by Crippen LogP contribution is -2.12. The zero-order chi connectivity index (χ0) is 13.0. The molecule has 0 bridgehead atoms. The van der Waals surface area contributed by atoms with Gasteiger partial charge in [-0.15, -0.1) is 11.8 Å². The van der Waals surface area contributed by atoms with Gasteiger partial charge in [0, 0.05) is 23.2 Å². The Morgan fingerprint density at radius 3 is 2.78 bits per heavy atom.